The number of halogens is 2. The molecule has 0 aliphatic carbocycles. The summed E-state index contributed by atoms with van der Waals surface area (Å²) in [5.41, 5.74) is 1.24. The number of fused-ring (bicyclic) bond motifs is 1. The number of hydrogen-bond donors (Lipinski definition) is 1. The monoisotopic (exact) mass is 247 g/mol. The molecule has 0 fully saturated rings. The fourth-order valence-corrected chi connectivity index (χ4v) is 3.52. The van der Waals surface area contributed by atoms with Gasteiger partial charge in [0.2, 0.25) is 0 Å². The van der Waals surface area contributed by atoms with E-state index in [1.807, 2.05) is 30.9 Å². The Morgan fingerprint density at radius 3 is 2.93 bits per heavy atom. The Morgan fingerprint density at radius 1 is 1.43 bits per heavy atom. The molecule has 1 heterocycles. The summed E-state index contributed by atoms with van der Waals surface area (Å²) in [5.74, 6) is 1.11. The van der Waals surface area contributed by atoms with Crippen LogP contribution in [0.15, 0.2) is 17.0 Å². The molecule has 14 heavy (non-hydrogen) atoms. The van der Waals surface area contributed by atoms with Crippen molar-refractivity contribution >= 4 is 35.0 Å². The first-order valence-corrected chi connectivity index (χ1v) is 6.25. The van der Waals surface area contributed by atoms with E-state index in [4.69, 9.17) is 23.2 Å². The Balaban J connectivity index is 2.51. The van der Waals surface area contributed by atoms with Gasteiger partial charge >= 0.3 is 0 Å². The van der Waals surface area contributed by atoms with Crippen LogP contribution in [0.1, 0.15) is 18.0 Å². The van der Waals surface area contributed by atoms with Gasteiger partial charge < -0.3 is 5.32 Å². The molecule has 2 rings (SSSR count). The molecule has 1 aromatic carbocycles. The van der Waals surface area contributed by atoms with Crippen LogP contribution in [0.3, 0.4) is 0 Å². The molecule has 0 spiro atoms. The van der Waals surface area contributed by atoms with E-state index in [1.54, 1.807) is 0 Å². The van der Waals surface area contributed by atoms with E-state index in [-0.39, 0.29) is 0 Å². The topological polar surface area (TPSA) is 12.0 Å². The summed E-state index contributed by atoms with van der Waals surface area (Å²) in [6.07, 6.45) is 1.13. The first-order valence-electron chi connectivity index (χ1n) is 4.51. The predicted octanol–water partition coefficient (Wildman–Crippen LogP) is 3.75. The second kappa shape index (κ2) is 4.31. The first-order chi connectivity index (χ1) is 6.72. The molecule has 0 amide bonds. The molecule has 1 unspecified atom stereocenters. The molecule has 0 saturated carbocycles. The third kappa shape index (κ3) is 1.89. The van der Waals surface area contributed by atoms with E-state index in [1.165, 1.54) is 10.5 Å². The van der Waals surface area contributed by atoms with Crippen molar-refractivity contribution in [3.05, 3.63) is 27.7 Å². The predicted molar refractivity (Wildman–Crippen MR) is 63.6 cm³/mol. The molecule has 1 nitrogen and oxygen atoms in total. The summed E-state index contributed by atoms with van der Waals surface area (Å²) in [6.45, 7) is 0. The molecule has 1 aromatic rings. The van der Waals surface area contributed by atoms with Crippen LogP contribution < -0.4 is 5.32 Å². The molecule has 1 aliphatic heterocycles. The third-order valence-corrected chi connectivity index (χ3v) is 4.23. The Bertz CT molecular complexity index is 354. The average Bonchev–Trinajstić information content (AvgIpc) is 2.17. The van der Waals surface area contributed by atoms with Gasteiger partial charge in [0.25, 0.3) is 0 Å². The van der Waals surface area contributed by atoms with Gasteiger partial charge in [-0.05, 0) is 36.9 Å². The number of hydrogen-bond acceptors (Lipinski definition) is 2. The van der Waals surface area contributed by atoms with E-state index in [9.17, 15) is 0 Å². The number of thioether (sulfide) groups is 1. The lowest BCUT2D eigenvalue weighted by atomic mass is 10.0. The molecule has 0 radical (unpaired) electrons. The maximum atomic E-state index is 6.14. The fraction of sp³-hybridized carbons (Fsp3) is 0.400. The standard InChI is InChI=1S/C10H11Cl2NS/c1-13-9-2-3-14-10-7(9)4-6(11)5-8(10)12/h4-5,9,13H,2-3H2,1H3. The van der Waals surface area contributed by atoms with Gasteiger partial charge in [0.1, 0.15) is 0 Å². The minimum Gasteiger partial charge on any atom is -0.313 e. The summed E-state index contributed by atoms with van der Waals surface area (Å²) in [7, 11) is 1.97. The molecule has 1 aliphatic rings. The molecule has 1 atom stereocenters. The summed E-state index contributed by atoms with van der Waals surface area (Å²) in [4.78, 5) is 1.18. The van der Waals surface area contributed by atoms with Gasteiger partial charge in [-0.25, -0.2) is 0 Å². The van der Waals surface area contributed by atoms with E-state index in [2.05, 4.69) is 5.32 Å². The lowest BCUT2D eigenvalue weighted by molar-refractivity contribution is 0.565. The molecule has 1 N–H and O–H groups in total. The minimum absolute atomic E-state index is 0.391. The largest absolute Gasteiger partial charge is 0.313 e. The van der Waals surface area contributed by atoms with Crippen molar-refractivity contribution in [2.75, 3.05) is 12.8 Å². The highest BCUT2D eigenvalue weighted by atomic mass is 35.5. The fourth-order valence-electron chi connectivity index (χ4n) is 1.73. The first kappa shape index (κ1) is 10.6. The van der Waals surface area contributed by atoms with Crippen molar-refractivity contribution in [2.24, 2.45) is 0 Å². The van der Waals surface area contributed by atoms with Gasteiger partial charge in [0, 0.05) is 16.0 Å². The Kier molecular flexibility index (Phi) is 3.27. The molecule has 0 aromatic heterocycles. The van der Waals surface area contributed by atoms with E-state index < -0.39 is 0 Å². The smallest absolute Gasteiger partial charge is 0.0560 e. The zero-order chi connectivity index (χ0) is 10.1. The summed E-state index contributed by atoms with van der Waals surface area (Å²) in [6, 6.07) is 4.21. The highest BCUT2D eigenvalue weighted by molar-refractivity contribution is 7.99. The second-order valence-corrected chi connectivity index (χ2v) is 5.23. The van der Waals surface area contributed by atoms with Crippen molar-refractivity contribution < 1.29 is 0 Å². The van der Waals surface area contributed by atoms with Crippen LogP contribution >= 0.6 is 35.0 Å². The van der Waals surface area contributed by atoms with Crippen LogP contribution in [0, 0.1) is 0 Å². The summed E-state index contributed by atoms with van der Waals surface area (Å²) in [5, 5.41) is 4.78. The lowest BCUT2D eigenvalue weighted by Gasteiger charge is -2.25. The quantitative estimate of drug-likeness (QED) is 0.812. The highest BCUT2D eigenvalue weighted by Crippen LogP contribution is 2.41. The lowest BCUT2D eigenvalue weighted by Crippen LogP contribution is -2.20. The van der Waals surface area contributed by atoms with Crippen molar-refractivity contribution in [3.8, 4) is 0 Å². The second-order valence-electron chi connectivity index (χ2n) is 3.28. The van der Waals surface area contributed by atoms with E-state index >= 15 is 0 Å². The molecule has 0 saturated heterocycles. The van der Waals surface area contributed by atoms with Crippen molar-refractivity contribution in [2.45, 2.75) is 17.4 Å². The average molecular weight is 248 g/mol. The molecular weight excluding hydrogens is 237 g/mol. The highest BCUT2D eigenvalue weighted by Gasteiger charge is 2.21. The maximum Gasteiger partial charge on any atom is 0.0560 e. The third-order valence-electron chi connectivity index (χ3n) is 2.41. The van der Waals surface area contributed by atoms with Crippen LogP contribution in [-0.4, -0.2) is 12.8 Å². The maximum absolute atomic E-state index is 6.14. The van der Waals surface area contributed by atoms with Gasteiger partial charge in [-0.2, -0.15) is 0 Å². The van der Waals surface area contributed by atoms with Gasteiger partial charge in [-0.1, -0.05) is 23.2 Å². The summed E-state index contributed by atoms with van der Waals surface area (Å²) < 4.78 is 0. The van der Waals surface area contributed by atoms with Crippen LogP contribution in [0.4, 0.5) is 0 Å². The molecule has 4 heteroatoms. The Hall–Kier alpha value is 0.110. The van der Waals surface area contributed by atoms with Crippen molar-refractivity contribution in [3.63, 3.8) is 0 Å². The van der Waals surface area contributed by atoms with Gasteiger partial charge in [0.15, 0.2) is 0 Å². The van der Waals surface area contributed by atoms with Gasteiger partial charge in [-0.15, -0.1) is 11.8 Å². The molecule has 0 bridgehead atoms. The van der Waals surface area contributed by atoms with Crippen molar-refractivity contribution in [1.82, 2.24) is 5.32 Å². The van der Waals surface area contributed by atoms with Gasteiger partial charge in [-0.3, -0.25) is 0 Å². The number of benzene rings is 1. The van der Waals surface area contributed by atoms with Gasteiger partial charge in [0.05, 0.1) is 5.02 Å². The van der Waals surface area contributed by atoms with Crippen LogP contribution in [0.25, 0.3) is 0 Å². The molecular formula is C10H11Cl2NS. The SMILES string of the molecule is CNC1CCSc2c(Cl)cc(Cl)cc21. The summed E-state index contributed by atoms with van der Waals surface area (Å²) >= 11 is 13.9. The van der Waals surface area contributed by atoms with Crippen LogP contribution in [-0.2, 0) is 0 Å². The van der Waals surface area contributed by atoms with E-state index in [0.29, 0.717) is 6.04 Å². The normalized spacial score (nSPS) is 20.6. The van der Waals surface area contributed by atoms with E-state index in [0.717, 1.165) is 22.2 Å². The Morgan fingerprint density at radius 2 is 2.21 bits per heavy atom. The Labute approximate surface area is 98.2 Å². The number of rotatable bonds is 1. The van der Waals surface area contributed by atoms with Crippen molar-refractivity contribution in [1.29, 1.82) is 0 Å². The molecule has 76 valence electrons. The zero-order valence-electron chi connectivity index (χ0n) is 7.81. The number of nitrogens with one attached hydrogen (secondary N) is 1. The zero-order valence-corrected chi connectivity index (χ0v) is 10.1. The van der Waals surface area contributed by atoms with Crippen LogP contribution in [0.2, 0.25) is 10.0 Å². The van der Waals surface area contributed by atoms with Crippen LogP contribution in [0.5, 0.6) is 0 Å². The minimum atomic E-state index is 0.391.